The quantitative estimate of drug-likeness (QED) is 0.641. The number of ether oxygens (including phenoxy) is 1. The summed E-state index contributed by atoms with van der Waals surface area (Å²) in [4.78, 5) is 34.8. The summed E-state index contributed by atoms with van der Waals surface area (Å²) < 4.78 is 5.53. The topological polar surface area (TPSA) is 62.3 Å². The molecule has 1 aromatic rings. The number of piperidine rings is 2. The lowest BCUT2D eigenvalue weighted by Crippen LogP contribution is -2.64. The van der Waals surface area contributed by atoms with Crippen molar-refractivity contribution in [3.05, 3.63) is 35.9 Å². The molecular formula is C27H41N3O4. The van der Waals surface area contributed by atoms with Crippen LogP contribution in [0.15, 0.2) is 30.3 Å². The number of hydroxylamine groups is 2. The lowest BCUT2D eigenvalue weighted by atomic mass is 9.70. The van der Waals surface area contributed by atoms with Crippen LogP contribution in [0.3, 0.4) is 0 Å². The summed E-state index contributed by atoms with van der Waals surface area (Å²) in [7, 11) is 0. The molecule has 34 heavy (non-hydrogen) atoms. The Labute approximate surface area is 204 Å². The van der Waals surface area contributed by atoms with Gasteiger partial charge < -0.3 is 14.5 Å². The summed E-state index contributed by atoms with van der Waals surface area (Å²) in [5.41, 5.74) is 0.515. The number of likely N-dealkylation sites (tertiary alicyclic amines) is 2. The van der Waals surface area contributed by atoms with Gasteiger partial charge in [0.2, 0.25) is 0 Å². The number of hydrogen-bond acceptors (Lipinski definition) is 6. The average Bonchev–Trinajstić information content (AvgIpc) is 2.77. The molecule has 1 amide bonds. The van der Waals surface area contributed by atoms with Crippen molar-refractivity contribution in [2.24, 2.45) is 11.3 Å². The van der Waals surface area contributed by atoms with E-state index in [4.69, 9.17) is 9.57 Å². The van der Waals surface area contributed by atoms with E-state index in [9.17, 15) is 9.59 Å². The predicted octanol–water partition coefficient (Wildman–Crippen LogP) is 4.58. The van der Waals surface area contributed by atoms with Gasteiger partial charge in [-0.15, -0.1) is 5.06 Å². The average molecular weight is 472 g/mol. The Balaban J connectivity index is 1.22. The van der Waals surface area contributed by atoms with Gasteiger partial charge in [-0.25, -0.2) is 9.59 Å². The van der Waals surface area contributed by atoms with Crippen molar-refractivity contribution in [2.75, 3.05) is 39.3 Å². The van der Waals surface area contributed by atoms with Crippen molar-refractivity contribution in [1.29, 1.82) is 0 Å². The van der Waals surface area contributed by atoms with Gasteiger partial charge >= 0.3 is 12.1 Å². The number of carbonyl (C=O) groups is 2. The van der Waals surface area contributed by atoms with Crippen LogP contribution in [0.5, 0.6) is 0 Å². The molecule has 3 aliphatic heterocycles. The molecular weight excluding hydrogens is 430 g/mol. The van der Waals surface area contributed by atoms with E-state index >= 15 is 0 Å². The van der Waals surface area contributed by atoms with Crippen molar-refractivity contribution < 1.29 is 19.2 Å². The standard InChI is InChI=1S/C27H41N3O4/c1-25(2,3)33-24(32)28-19-27(20-28)13-17-29(18-14-27)26(4,5)22-11-15-30(16-12-22)34-23(31)21-9-7-6-8-10-21/h6-10,22H,11-20H2,1-5H3. The minimum absolute atomic E-state index is 0.103. The molecule has 3 aliphatic rings. The van der Waals surface area contributed by atoms with Crippen LogP contribution in [-0.2, 0) is 9.57 Å². The van der Waals surface area contributed by atoms with Gasteiger partial charge in [0.1, 0.15) is 5.60 Å². The van der Waals surface area contributed by atoms with Gasteiger partial charge in [0.15, 0.2) is 0 Å². The van der Waals surface area contributed by atoms with Gasteiger partial charge in [0.05, 0.1) is 5.56 Å². The lowest BCUT2D eigenvalue weighted by molar-refractivity contribution is -0.138. The van der Waals surface area contributed by atoms with Crippen LogP contribution in [0.1, 0.15) is 70.7 Å². The zero-order valence-electron chi connectivity index (χ0n) is 21.5. The van der Waals surface area contributed by atoms with Crippen LogP contribution in [0, 0.1) is 11.3 Å². The Morgan fingerprint density at radius 3 is 2.06 bits per heavy atom. The monoisotopic (exact) mass is 471 g/mol. The van der Waals surface area contributed by atoms with Crippen molar-refractivity contribution in [3.8, 4) is 0 Å². The fourth-order valence-corrected chi connectivity index (χ4v) is 5.75. The number of hydrogen-bond donors (Lipinski definition) is 0. The van der Waals surface area contributed by atoms with Crippen LogP contribution in [0.4, 0.5) is 4.79 Å². The molecule has 0 radical (unpaired) electrons. The summed E-state index contributed by atoms with van der Waals surface area (Å²) in [6, 6.07) is 9.18. The highest BCUT2D eigenvalue weighted by molar-refractivity contribution is 5.89. The molecule has 0 bridgehead atoms. The maximum atomic E-state index is 12.4. The highest BCUT2D eigenvalue weighted by Gasteiger charge is 2.50. The number of amides is 1. The second-order valence-electron chi connectivity index (χ2n) is 11.9. The molecule has 7 nitrogen and oxygen atoms in total. The first-order chi connectivity index (χ1) is 16.0. The van der Waals surface area contributed by atoms with E-state index in [1.807, 2.05) is 48.9 Å². The Hall–Kier alpha value is -2.12. The smallest absolute Gasteiger partial charge is 0.410 e. The molecule has 0 N–H and O–H groups in total. The van der Waals surface area contributed by atoms with Crippen LogP contribution in [0.25, 0.3) is 0 Å². The molecule has 0 aromatic heterocycles. The first kappa shape index (κ1) is 25.0. The van der Waals surface area contributed by atoms with E-state index in [1.54, 1.807) is 12.1 Å². The molecule has 0 atom stereocenters. The van der Waals surface area contributed by atoms with Crippen molar-refractivity contribution in [3.63, 3.8) is 0 Å². The van der Waals surface area contributed by atoms with Gasteiger partial charge in [-0.2, -0.15) is 0 Å². The zero-order chi connectivity index (χ0) is 24.6. The Morgan fingerprint density at radius 1 is 0.912 bits per heavy atom. The summed E-state index contributed by atoms with van der Waals surface area (Å²) in [5, 5.41) is 1.83. The molecule has 3 heterocycles. The summed E-state index contributed by atoms with van der Waals surface area (Å²) in [6.45, 7) is 15.8. The van der Waals surface area contributed by atoms with Gasteiger partial charge in [0.25, 0.3) is 0 Å². The third-order valence-corrected chi connectivity index (χ3v) is 8.02. The fraction of sp³-hybridized carbons (Fsp3) is 0.704. The van der Waals surface area contributed by atoms with Crippen molar-refractivity contribution in [1.82, 2.24) is 14.9 Å². The van der Waals surface area contributed by atoms with E-state index in [1.165, 1.54) is 0 Å². The Morgan fingerprint density at radius 2 is 1.50 bits per heavy atom. The van der Waals surface area contributed by atoms with E-state index in [-0.39, 0.29) is 23.0 Å². The largest absolute Gasteiger partial charge is 0.444 e. The molecule has 7 heteroatoms. The van der Waals surface area contributed by atoms with E-state index in [0.717, 1.165) is 65.0 Å². The summed E-state index contributed by atoms with van der Waals surface area (Å²) >= 11 is 0. The first-order valence-corrected chi connectivity index (χ1v) is 12.7. The van der Waals surface area contributed by atoms with Crippen LogP contribution in [0.2, 0.25) is 0 Å². The molecule has 0 aliphatic carbocycles. The minimum atomic E-state index is -0.442. The first-order valence-electron chi connectivity index (χ1n) is 12.7. The van der Waals surface area contributed by atoms with Gasteiger partial charge in [-0.3, -0.25) is 4.90 Å². The maximum absolute atomic E-state index is 12.4. The molecule has 1 aromatic carbocycles. The second-order valence-corrected chi connectivity index (χ2v) is 11.9. The van der Waals surface area contributed by atoms with E-state index in [0.29, 0.717) is 11.5 Å². The highest BCUT2D eigenvalue weighted by atomic mass is 16.7. The molecule has 4 rings (SSSR count). The van der Waals surface area contributed by atoms with Crippen LogP contribution >= 0.6 is 0 Å². The van der Waals surface area contributed by atoms with E-state index < -0.39 is 5.60 Å². The predicted molar refractivity (Wildman–Crippen MR) is 131 cm³/mol. The second kappa shape index (κ2) is 9.50. The molecule has 0 unspecified atom stereocenters. The molecule has 3 fully saturated rings. The molecule has 0 saturated carbocycles. The fourth-order valence-electron chi connectivity index (χ4n) is 5.75. The van der Waals surface area contributed by atoms with Crippen molar-refractivity contribution >= 4 is 12.1 Å². The SMILES string of the molecule is CC(C)(C)OC(=O)N1CC2(CCN(C(C)(C)C3CCN(OC(=O)c4ccccc4)CC3)CC2)C1. The van der Waals surface area contributed by atoms with Gasteiger partial charge in [-0.1, -0.05) is 18.2 Å². The maximum Gasteiger partial charge on any atom is 0.410 e. The number of carbonyl (C=O) groups excluding carboxylic acids is 2. The lowest BCUT2D eigenvalue weighted by Gasteiger charge is -2.57. The summed E-state index contributed by atoms with van der Waals surface area (Å²) in [5.74, 6) is 0.286. The van der Waals surface area contributed by atoms with E-state index in [2.05, 4.69) is 18.7 Å². The van der Waals surface area contributed by atoms with Crippen LogP contribution < -0.4 is 0 Å². The summed E-state index contributed by atoms with van der Waals surface area (Å²) in [6.07, 6.45) is 4.11. The van der Waals surface area contributed by atoms with Crippen molar-refractivity contribution in [2.45, 2.75) is 71.4 Å². The Bertz CT molecular complexity index is 856. The third kappa shape index (κ3) is 5.57. The zero-order valence-corrected chi connectivity index (χ0v) is 21.5. The van der Waals surface area contributed by atoms with Gasteiger partial charge in [-0.05, 0) is 91.4 Å². The molecule has 188 valence electrons. The molecule has 3 saturated heterocycles. The number of nitrogens with zero attached hydrogens (tertiary/aromatic N) is 3. The Kier molecular flexibility index (Phi) is 6.98. The number of benzene rings is 1. The van der Waals surface area contributed by atoms with Gasteiger partial charge in [0, 0.05) is 37.1 Å². The van der Waals surface area contributed by atoms with Crippen LogP contribution in [-0.4, -0.2) is 77.3 Å². The minimum Gasteiger partial charge on any atom is -0.444 e. The highest BCUT2D eigenvalue weighted by Crippen LogP contribution is 2.44. The number of rotatable bonds is 4. The normalized spacial score (nSPS) is 22.3. The third-order valence-electron chi connectivity index (χ3n) is 8.02. The molecule has 1 spiro atoms.